The molecular weight excluding hydrogens is 308 g/mol. The molecule has 0 fully saturated rings. The lowest BCUT2D eigenvalue weighted by Gasteiger charge is -2.15. The van der Waals surface area contributed by atoms with E-state index in [9.17, 15) is 9.59 Å². The molecule has 3 N–H and O–H groups in total. The molecule has 0 heterocycles. The maximum Gasteiger partial charge on any atom is 0.244 e. The second-order valence-electron chi connectivity index (χ2n) is 5.29. The molecule has 120 valence electrons. The van der Waals surface area contributed by atoms with Crippen LogP contribution in [0.15, 0.2) is 54.6 Å². The van der Waals surface area contributed by atoms with Gasteiger partial charge in [0, 0.05) is 5.75 Å². The molecule has 2 amide bonds. The lowest BCUT2D eigenvalue weighted by molar-refractivity contribution is -0.126. The van der Waals surface area contributed by atoms with Crippen LogP contribution in [-0.4, -0.2) is 17.6 Å². The van der Waals surface area contributed by atoms with Gasteiger partial charge >= 0.3 is 0 Å². The standard InChI is InChI=1S/C18H20N2O2S/c1-13-7-9-14(10-8-13)11-23-12-16(21)20-17(18(19)22)15-5-3-2-4-6-15/h2-10,17H,11-12H2,1H3,(H2,19,22)(H,20,21)/t17-/m1/s1. The van der Waals surface area contributed by atoms with Gasteiger partial charge in [0.2, 0.25) is 11.8 Å². The van der Waals surface area contributed by atoms with Gasteiger partial charge in [-0.05, 0) is 18.1 Å². The molecule has 4 nitrogen and oxygen atoms in total. The summed E-state index contributed by atoms with van der Waals surface area (Å²) in [6.45, 7) is 2.04. The number of nitrogens with two attached hydrogens (primary N) is 1. The second-order valence-corrected chi connectivity index (χ2v) is 6.28. The van der Waals surface area contributed by atoms with E-state index >= 15 is 0 Å². The predicted octanol–water partition coefficient (Wildman–Crippen LogP) is 2.57. The number of thioether (sulfide) groups is 1. The molecule has 1 atom stereocenters. The van der Waals surface area contributed by atoms with Crippen LogP contribution in [0.2, 0.25) is 0 Å². The molecule has 0 spiro atoms. The van der Waals surface area contributed by atoms with Crippen molar-refractivity contribution in [2.24, 2.45) is 5.73 Å². The SMILES string of the molecule is Cc1ccc(CSCC(=O)N[C@@H](C(N)=O)c2ccccc2)cc1. The van der Waals surface area contributed by atoms with E-state index in [0.717, 1.165) is 5.75 Å². The Labute approximate surface area is 140 Å². The molecule has 0 aliphatic heterocycles. The minimum atomic E-state index is -0.788. The van der Waals surface area contributed by atoms with E-state index in [-0.39, 0.29) is 11.7 Å². The highest BCUT2D eigenvalue weighted by atomic mass is 32.2. The van der Waals surface area contributed by atoms with E-state index in [2.05, 4.69) is 29.6 Å². The number of hydrogen-bond donors (Lipinski definition) is 2. The smallest absolute Gasteiger partial charge is 0.244 e. The summed E-state index contributed by atoms with van der Waals surface area (Å²) in [7, 11) is 0. The van der Waals surface area contributed by atoms with Crippen molar-refractivity contribution < 1.29 is 9.59 Å². The average Bonchev–Trinajstić information content (AvgIpc) is 2.55. The summed E-state index contributed by atoms with van der Waals surface area (Å²) in [4.78, 5) is 23.6. The highest BCUT2D eigenvalue weighted by Gasteiger charge is 2.19. The van der Waals surface area contributed by atoms with E-state index in [1.165, 1.54) is 22.9 Å². The monoisotopic (exact) mass is 328 g/mol. The zero-order valence-electron chi connectivity index (χ0n) is 13.0. The van der Waals surface area contributed by atoms with Gasteiger partial charge < -0.3 is 11.1 Å². The first kappa shape index (κ1) is 17.1. The molecule has 0 aromatic heterocycles. The first-order valence-electron chi connectivity index (χ1n) is 7.33. The number of hydrogen-bond acceptors (Lipinski definition) is 3. The van der Waals surface area contributed by atoms with Crippen LogP contribution in [0.25, 0.3) is 0 Å². The Balaban J connectivity index is 1.85. The van der Waals surface area contributed by atoms with E-state index in [4.69, 9.17) is 5.73 Å². The van der Waals surface area contributed by atoms with Gasteiger partial charge in [-0.3, -0.25) is 9.59 Å². The van der Waals surface area contributed by atoms with Crippen molar-refractivity contribution in [3.63, 3.8) is 0 Å². The lowest BCUT2D eigenvalue weighted by Crippen LogP contribution is -2.38. The summed E-state index contributed by atoms with van der Waals surface area (Å²) in [5.41, 5.74) is 8.46. The summed E-state index contributed by atoms with van der Waals surface area (Å²) >= 11 is 1.51. The number of nitrogens with one attached hydrogen (secondary N) is 1. The summed E-state index contributed by atoms with van der Waals surface area (Å²) < 4.78 is 0. The number of amides is 2. The molecule has 2 aromatic carbocycles. The van der Waals surface area contributed by atoms with Crippen LogP contribution >= 0.6 is 11.8 Å². The molecule has 23 heavy (non-hydrogen) atoms. The summed E-state index contributed by atoms with van der Waals surface area (Å²) in [6, 6.07) is 16.4. The third-order valence-electron chi connectivity index (χ3n) is 3.35. The van der Waals surface area contributed by atoms with Gasteiger partial charge in [0.05, 0.1) is 5.75 Å². The highest BCUT2D eigenvalue weighted by Crippen LogP contribution is 2.15. The van der Waals surface area contributed by atoms with Gasteiger partial charge in [-0.2, -0.15) is 0 Å². The highest BCUT2D eigenvalue weighted by molar-refractivity contribution is 7.99. The van der Waals surface area contributed by atoms with Crippen molar-refractivity contribution >= 4 is 23.6 Å². The zero-order chi connectivity index (χ0) is 16.7. The quantitative estimate of drug-likeness (QED) is 0.820. The van der Waals surface area contributed by atoms with Crippen molar-refractivity contribution in [3.8, 4) is 0 Å². The van der Waals surface area contributed by atoms with Crippen molar-refractivity contribution in [2.45, 2.75) is 18.7 Å². The predicted molar refractivity (Wildman–Crippen MR) is 93.9 cm³/mol. The normalized spacial score (nSPS) is 11.7. The molecule has 0 aliphatic carbocycles. The van der Waals surface area contributed by atoms with Gasteiger partial charge in [-0.25, -0.2) is 0 Å². The fourth-order valence-electron chi connectivity index (χ4n) is 2.11. The number of benzene rings is 2. The summed E-state index contributed by atoms with van der Waals surface area (Å²) in [5, 5.41) is 2.69. The minimum Gasteiger partial charge on any atom is -0.368 e. The Morgan fingerprint density at radius 2 is 1.74 bits per heavy atom. The fraction of sp³-hybridized carbons (Fsp3) is 0.222. The Kier molecular flexibility index (Phi) is 6.23. The zero-order valence-corrected chi connectivity index (χ0v) is 13.8. The van der Waals surface area contributed by atoms with Crippen LogP contribution in [0.3, 0.4) is 0 Å². The fourth-order valence-corrected chi connectivity index (χ4v) is 2.91. The van der Waals surface area contributed by atoms with Crippen LogP contribution in [0, 0.1) is 6.92 Å². The van der Waals surface area contributed by atoms with Crippen molar-refractivity contribution in [1.82, 2.24) is 5.32 Å². The molecule has 0 radical (unpaired) electrons. The minimum absolute atomic E-state index is 0.199. The third kappa shape index (κ3) is 5.45. The summed E-state index contributed by atoms with van der Waals surface area (Å²) in [6.07, 6.45) is 0. The van der Waals surface area contributed by atoms with Crippen LogP contribution < -0.4 is 11.1 Å². The van der Waals surface area contributed by atoms with Crippen LogP contribution in [0.5, 0.6) is 0 Å². The number of rotatable bonds is 7. The topological polar surface area (TPSA) is 72.2 Å². The van der Waals surface area contributed by atoms with E-state index in [1.54, 1.807) is 12.1 Å². The molecular formula is C18H20N2O2S. The number of primary amides is 1. The molecule has 0 bridgehead atoms. The average molecular weight is 328 g/mol. The Hall–Kier alpha value is -2.27. The van der Waals surface area contributed by atoms with Crippen LogP contribution in [0.1, 0.15) is 22.7 Å². The molecule has 2 aromatic rings. The Bertz CT molecular complexity index is 656. The van der Waals surface area contributed by atoms with E-state index in [1.807, 2.05) is 25.1 Å². The van der Waals surface area contributed by atoms with Crippen LogP contribution in [-0.2, 0) is 15.3 Å². The second kappa shape index (κ2) is 8.39. The van der Waals surface area contributed by atoms with E-state index in [0.29, 0.717) is 5.56 Å². The van der Waals surface area contributed by atoms with Gasteiger partial charge in [-0.15, -0.1) is 11.8 Å². The number of carbonyl (C=O) groups excluding carboxylic acids is 2. The summed E-state index contributed by atoms with van der Waals surface area (Å²) in [5.74, 6) is 0.271. The molecule has 0 unspecified atom stereocenters. The first-order valence-corrected chi connectivity index (χ1v) is 8.48. The Morgan fingerprint density at radius 3 is 2.35 bits per heavy atom. The maximum atomic E-state index is 12.0. The van der Waals surface area contributed by atoms with Crippen molar-refractivity contribution in [3.05, 3.63) is 71.3 Å². The first-order chi connectivity index (χ1) is 11.1. The van der Waals surface area contributed by atoms with Crippen LogP contribution in [0.4, 0.5) is 0 Å². The molecule has 0 saturated heterocycles. The lowest BCUT2D eigenvalue weighted by atomic mass is 10.1. The third-order valence-corrected chi connectivity index (χ3v) is 4.35. The van der Waals surface area contributed by atoms with E-state index < -0.39 is 11.9 Å². The largest absolute Gasteiger partial charge is 0.368 e. The van der Waals surface area contributed by atoms with Gasteiger partial charge in [0.15, 0.2) is 0 Å². The maximum absolute atomic E-state index is 12.0. The van der Waals surface area contributed by atoms with Gasteiger partial charge in [-0.1, -0.05) is 60.2 Å². The Morgan fingerprint density at radius 1 is 1.09 bits per heavy atom. The molecule has 0 aliphatic rings. The molecule has 5 heteroatoms. The van der Waals surface area contributed by atoms with Crippen molar-refractivity contribution in [1.29, 1.82) is 0 Å². The molecule has 0 saturated carbocycles. The number of carbonyl (C=O) groups is 2. The molecule has 2 rings (SSSR count). The van der Waals surface area contributed by atoms with Gasteiger partial charge in [0.25, 0.3) is 0 Å². The van der Waals surface area contributed by atoms with Gasteiger partial charge in [0.1, 0.15) is 6.04 Å². The van der Waals surface area contributed by atoms with Crippen molar-refractivity contribution in [2.75, 3.05) is 5.75 Å². The number of aryl methyl sites for hydroxylation is 1.